The highest BCUT2D eigenvalue weighted by Gasteiger charge is 1.98. The Morgan fingerprint density at radius 3 is 2.73 bits per heavy atom. The number of hydrogen-bond acceptors (Lipinski definition) is 1. The predicted molar refractivity (Wildman–Crippen MR) is 73.1 cm³/mol. The van der Waals surface area contributed by atoms with Gasteiger partial charge >= 0.3 is 0 Å². The van der Waals surface area contributed by atoms with E-state index in [9.17, 15) is 4.79 Å². The van der Waals surface area contributed by atoms with Crippen LogP contribution in [0.2, 0.25) is 0 Å². The molecule has 0 aliphatic heterocycles. The highest BCUT2D eigenvalue weighted by Crippen LogP contribution is 2.14. The molecule has 0 aliphatic carbocycles. The summed E-state index contributed by atoms with van der Waals surface area (Å²) in [6.45, 7) is 0. The Kier molecular flexibility index (Phi) is 6.32. The van der Waals surface area contributed by atoms with Crippen LogP contribution < -0.4 is 0 Å². The van der Waals surface area contributed by atoms with E-state index in [1.54, 1.807) is 0 Å². The van der Waals surface area contributed by atoms with Gasteiger partial charge in [0.2, 0.25) is 0 Å². The first-order chi connectivity index (χ1) is 7.38. The Hall–Kier alpha value is -0.640. The summed E-state index contributed by atoms with van der Waals surface area (Å²) < 4.78 is 2.03. The first-order valence-corrected chi connectivity index (χ1v) is 6.41. The van der Waals surface area contributed by atoms with Gasteiger partial charge in [0.05, 0.1) is 0 Å². The molecule has 0 amide bonds. The quantitative estimate of drug-likeness (QED) is 0.440. The van der Waals surface area contributed by atoms with Gasteiger partial charge in [-0.3, -0.25) is 0 Å². The second-order valence-electron chi connectivity index (χ2n) is 3.40. The summed E-state index contributed by atoms with van der Waals surface area (Å²) in [6, 6.07) is 8.41. The largest absolute Gasteiger partial charge is 0.303 e. The topological polar surface area (TPSA) is 17.1 Å². The summed E-state index contributed by atoms with van der Waals surface area (Å²) in [5.41, 5.74) is 2.66. The van der Waals surface area contributed by atoms with Crippen molar-refractivity contribution in [2.24, 2.45) is 0 Å². The average molecular weight is 314 g/mol. The number of unbranched alkanes of at least 4 members (excludes halogenated alkanes) is 2. The monoisotopic (exact) mass is 314 g/mol. The molecule has 1 aromatic carbocycles. The second kappa shape index (κ2) is 7.63. The third kappa shape index (κ3) is 4.60. The maximum absolute atomic E-state index is 10.2. The molecular formula is C13H15IO. The Morgan fingerprint density at radius 2 is 2.00 bits per heavy atom. The molecule has 0 saturated carbocycles. The van der Waals surface area contributed by atoms with Gasteiger partial charge in [-0.1, -0.05) is 46.9 Å². The minimum Gasteiger partial charge on any atom is -0.303 e. The second-order valence-corrected chi connectivity index (χ2v) is 4.12. The van der Waals surface area contributed by atoms with Crippen LogP contribution in [0.5, 0.6) is 0 Å². The number of halogens is 1. The van der Waals surface area contributed by atoms with Gasteiger partial charge in [-0.05, 0) is 40.5 Å². The van der Waals surface area contributed by atoms with Crippen molar-refractivity contribution in [2.75, 3.05) is 0 Å². The van der Waals surface area contributed by atoms with Gasteiger partial charge < -0.3 is 4.79 Å². The Bertz CT molecular complexity index is 331. The molecule has 0 heterocycles. The molecule has 0 spiro atoms. The van der Waals surface area contributed by atoms with Crippen molar-refractivity contribution >= 4 is 35.0 Å². The van der Waals surface area contributed by atoms with Crippen molar-refractivity contribution in [3.63, 3.8) is 0 Å². The molecule has 2 heteroatoms. The molecule has 0 bridgehead atoms. The molecule has 0 N–H and O–H groups in total. The molecule has 0 aromatic heterocycles. The summed E-state index contributed by atoms with van der Waals surface area (Å²) in [6.07, 6.45) is 6.94. The molecule has 80 valence electrons. The van der Waals surface area contributed by atoms with E-state index in [0.29, 0.717) is 6.42 Å². The molecular weight excluding hydrogens is 299 g/mol. The molecule has 15 heavy (non-hydrogen) atoms. The van der Waals surface area contributed by atoms with Crippen molar-refractivity contribution in [2.45, 2.75) is 25.7 Å². The molecule has 1 nitrogen and oxygen atoms in total. The van der Waals surface area contributed by atoms with Gasteiger partial charge in [0.25, 0.3) is 0 Å². The number of carbonyl (C=O) groups is 1. The van der Waals surface area contributed by atoms with Crippen LogP contribution in [0.1, 0.15) is 30.4 Å². The van der Waals surface area contributed by atoms with E-state index in [2.05, 4.69) is 52.9 Å². The highest BCUT2D eigenvalue weighted by atomic mass is 127. The van der Waals surface area contributed by atoms with E-state index < -0.39 is 0 Å². The summed E-state index contributed by atoms with van der Waals surface area (Å²) in [5, 5.41) is 0. The summed E-state index contributed by atoms with van der Waals surface area (Å²) in [7, 11) is 0. The van der Waals surface area contributed by atoms with Crippen LogP contribution in [-0.4, -0.2) is 6.29 Å². The van der Waals surface area contributed by atoms with Gasteiger partial charge in [-0.2, -0.15) is 0 Å². The fraction of sp³-hybridized carbons (Fsp3) is 0.308. The third-order valence-electron chi connectivity index (χ3n) is 2.32. The van der Waals surface area contributed by atoms with Crippen LogP contribution in [-0.2, 0) is 11.2 Å². The van der Waals surface area contributed by atoms with Gasteiger partial charge in [0, 0.05) is 6.42 Å². The zero-order valence-electron chi connectivity index (χ0n) is 8.66. The zero-order chi connectivity index (χ0) is 10.9. The number of hydrogen-bond donors (Lipinski definition) is 0. The van der Waals surface area contributed by atoms with Crippen molar-refractivity contribution < 1.29 is 4.79 Å². The SMILES string of the molecule is O=CCCCCc1ccccc1/C=C\I. The van der Waals surface area contributed by atoms with Crippen molar-refractivity contribution in [1.82, 2.24) is 0 Å². The minimum absolute atomic E-state index is 0.685. The molecule has 1 rings (SSSR count). The Balaban J connectivity index is 2.55. The molecule has 1 aromatic rings. The van der Waals surface area contributed by atoms with E-state index in [-0.39, 0.29) is 0 Å². The predicted octanol–water partition coefficient (Wildman–Crippen LogP) is 4.00. The zero-order valence-corrected chi connectivity index (χ0v) is 10.8. The van der Waals surface area contributed by atoms with Crippen LogP contribution in [0, 0.1) is 0 Å². The van der Waals surface area contributed by atoms with E-state index in [4.69, 9.17) is 0 Å². The first kappa shape index (κ1) is 12.4. The smallest absolute Gasteiger partial charge is 0.119 e. The normalized spacial score (nSPS) is 10.7. The highest BCUT2D eigenvalue weighted by molar-refractivity contribution is 14.1. The van der Waals surface area contributed by atoms with E-state index >= 15 is 0 Å². The lowest BCUT2D eigenvalue weighted by Crippen LogP contribution is -1.89. The fourth-order valence-corrected chi connectivity index (χ4v) is 1.92. The van der Waals surface area contributed by atoms with Crippen LogP contribution in [0.4, 0.5) is 0 Å². The standard InChI is InChI=1S/C13H15IO/c14-10-9-13-8-4-3-7-12(13)6-2-1-5-11-15/h3-4,7-11H,1-2,5-6H2/b10-9-. The average Bonchev–Trinajstić information content (AvgIpc) is 2.27. The molecule has 0 saturated heterocycles. The van der Waals surface area contributed by atoms with Crippen LogP contribution >= 0.6 is 22.6 Å². The van der Waals surface area contributed by atoms with E-state index in [0.717, 1.165) is 25.5 Å². The molecule has 0 aliphatic rings. The van der Waals surface area contributed by atoms with Crippen LogP contribution in [0.25, 0.3) is 6.08 Å². The van der Waals surface area contributed by atoms with Crippen molar-refractivity contribution in [1.29, 1.82) is 0 Å². The molecule has 0 unspecified atom stereocenters. The lowest BCUT2D eigenvalue weighted by molar-refractivity contribution is -0.107. The number of carbonyl (C=O) groups excluding carboxylic acids is 1. The number of benzene rings is 1. The first-order valence-electron chi connectivity index (χ1n) is 5.17. The molecule has 0 radical (unpaired) electrons. The van der Waals surface area contributed by atoms with Gasteiger partial charge in [-0.25, -0.2) is 0 Å². The number of rotatable bonds is 6. The van der Waals surface area contributed by atoms with E-state index in [1.165, 1.54) is 11.1 Å². The maximum Gasteiger partial charge on any atom is 0.119 e. The minimum atomic E-state index is 0.685. The van der Waals surface area contributed by atoms with Crippen LogP contribution in [0.3, 0.4) is 0 Å². The summed E-state index contributed by atoms with van der Waals surface area (Å²) in [4.78, 5) is 10.2. The van der Waals surface area contributed by atoms with Crippen molar-refractivity contribution in [3.05, 3.63) is 39.5 Å². The lowest BCUT2D eigenvalue weighted by Gasteiger charge is -2.04. The Labute approximate surface area is 105 Å². The summed E-state index contributed by atoms with van der Waals surface area (Å²) in [5.74, 6) is 0. The molecule has 0 atom stereocenters. The summed E-state index contributed by atoms with van der Waals surface area (Å²) >= 11 is 2.23. The number of aldehydes is 1. The maximum atomic E-state index is 10.2. The Morgan fingerprint density at radius 1 is 1.20 bits per heavy atom. The lowest BCUT2D eigenvalue weighted by atomic mass is 10.0. The van der Waals surface area contributed by atoms with Gasteiger partial charge in [0.15, 0.2) is 0 Å². The van der Waals surface area contributed by atoms with Crippen LogP contribution in [0.15, 0.2) is 28.3 Å². The van der Waals surface area contributed by atoms with Gasteiger partial charge in [-0.15, -0.1) is 0 Å². The van der Waals surface area contributed by atoms with E-state index in [1.807, 2.05) is 4.08 Å². The van der Waals surface area contributed by atoms with Gasteiger partial charge in [0.1, 0.15) is 6.29 Å². The molecule has 0 fully saturated rings. The third-order valence-corrected chi connectivity index (χ3v) is 2.68. The van der Waals surface area contributed by atoms with Crippen molar-refractivity contribution in [3.8, 4) is 0 Å². The fourth-order valence-electron chi connectivity index (χ4n) is 1.54. The number of aryl methyl sites for hydroxylation is 1.